The molecule has 57 heavy (non-hydrogen) atoms. The molecule has 12 rings (SSSR count). The fourth-order valence-corrected chi connectivity index (χ4v) is 9.41. The third-order valence-corrected chi connectivity index (χ3v) is 11.8. The van der Waals surface area contributed by atoms with Crippen molar-refractivity contribution in [1.29, 1.82) is 0 Å². The lowest BCUT2D eigenvalue weighted by atomic mass is 10.0. The molecule has 0 atom stereocenters. The van der Waals surface area contributed by atoms with E-state index in [0.717, 1.165) is 17.1 Å². The monoisotopic (exact) mass is 725 g/mol. The average Bonchev–Trinajstić information content (AvgIpc) is 3.92. The molecule has 3 aromatic heterocycles. The number of nitrogens with zero attached hydrogens (tertiary/aromatic N) is 3. The highest BCUT2D eigenvalue weighted by atomic mass is 15.0. The molecule has 0 radical (unpaired) electrons. The summed E-state index contributed by atoms with van der Waals surface area (Å²) in [6, 6.07) is 77.4. The van der Waals surface area contributed by atoms with Gasteiger partial charge in [0.05, 0.1) is 33.1 Å². The second kappa shape index (κ2) is 12.5. The minimum Gasteiger partial charge on any atom is -0.309 e. The van der Waals surface area contributed by atoms with E-state index >= 15 is 0 Å². The Hall–Kier alpha value is -7.62. The van der Waals surface area contributed by atoms with Crippen LogP contribution in [0.1, 0.15) is 0 Å². The molecule has 0 spiro atoms. The Bertz CT molecular complexity index is 3280. The van der Waals surface area contributed by atoms with Crippen molar-refractivity contribution in [3.8, 4) is 39.3 Å². The summed E-state index contributed by atoms with van der Waals surface area (Å²) >= 11 is 0. The quantitative estimate of drug-likeness (QED) is 0.168. The first-order valence-electron chi connectivity index (χ1n) is 19.6. The van der Waals surface area contributed by atoms with Gasteiger partial charge in [-0.15, -0.1) is 0 Å². The Labute approximate surface area is 329 Å². The Morgan fingerprint density at radius 1 is 0.228 bits per heavy atom. The molecule has 0 saturated heterocycles. The first kappa shape index (κ1) is 31.7. The third-order valence-electron chi connectivity index (χ3n) is 11.8. The van der Waals surface area contributed by atoms with E-state index in [1.165, 1.54) is 87.7 Å². The van der Waals surface area contributed by atoms with Gasteiger partial charge in [0.2, 0.25) is 0 Å². The third kappa shape index (κ3) is 4.73. The van der Waals surface area contributed by atoms with Gasteiger partial charge in [-0.2, -0.15) is 0 Å². The van der Waals surface area contributed by atoms with Crippen LogP contribution in [0.25, 0.3) is 105 Å². The minimum atomic E-state index is 1.14. The number of para-hydroxylation sites is 5. The molecule has 0 N–H and O–H groups in total. The first-order valence-corrected chi connectivity index (χ1v) is 19.6. The number of hydrogen-bond donors (Lipinski definition) is 0. The zero-order chi connectivity index (χ0) is 37.5. The van der Waals surface area contributed by atoms with Crippen LogP contribution in [0.15, 0.2) is 212 Å². The van der Waals surface area contributed by atoms with Gasteiger partial charge >= 0.3 is 0 Å². The molecule has 0 amide bonds. The van der Waals surface area contributed by atoms with E-state index in [2.05, 4.69) is 226 Å². The van der Waals surface area contributed by atoms with Crippen LogP contribution >= 0.6 is 0 Å². The van der Waals surface area contributed by atoms with Gasteiger partial charge < -0.3 is 13.7 Å². The van der Waals surface area contributed by atoms with Crippen molar-refractivity contribution in [1.82, 2.24) is 13.7 Å². The van der Waals surface area contributed by atoms with Gasteiger partial charge in [-0.3, -0.25) is 0 Å². The summed E-state index contributed by atoms with van der Waals surface area (Å²) in [5, 5.41) is 7.42. The number of rotatable bonds is 5. The van der Waals surface area contributed by atoms with Crippen molar-refractivity contribution >= 4 is 65.4 Å². The molecule has 266 valence electrons. The molecule has 3 nitrogen and oxygen atoms in total. The molecule has 3 heterocycles. The molecule has 0 unspecified atom stereocenters. The molecule has 0 aliphatic heterocycles. The summed E-state index contributed by atoms with van der Waals surface area (Å²) in [7, 11) is 0. The van der Waals surface area contributed by atoms with Crippen molar-refractivity contribution in [3.63, 3.8) is 0 Å². The van der Waals surface area contributed by atoms with E-state index in [-0.39, 0.29) is 0 Å². The van der Waals surface area contributed by atoms with Crippen molar-refractivity contribution in [2.45, 2.75) is 0 Å². The zero-order valence-corrected chi connectivity index (χ0v) is 31.0. The smallest absolute Gasteiger partial charge is 0.0619 e. The lowest BCUT2D eigenvalue weighted by molar-refractivity contribution is 1.16. The summed E-state index contributed by atoms with van der Waals surface area (Å²) in [6.07, 6.45) is 0. The maximum absolute atomic E-state index is 2.47. The highest BCUT2D eigenvalue weighted by Gasteiger charge is 2.21. The second-order valence-electron chi connectivity index (χ2n) is 14.9. The van der Waals surface area contributed by atoms with Crippen LogP contribution in [0, 0.1) is 0 Å². The number of hydrogen-bond acceptors (Lipinski definition) is 0. The van der Waals surface area contributed by atoms with Crippen LogP contribution in [0.3, 0.4) is 0 Å². The van der Waals surface area contributed by atoms with Gasteiger partial charge in [-0.05, 0) is 71.8 Å². The SMILES string of the molecule is c1ccc(-c2cccc3c4ccccc4n(-c4ccc5c(c4)c4cc(-n6c7ccccc7c7cccc(-c8ccccc8)c76)ccc4n5-c4ccccc4)c23)cc1. The van der Waals surface area contributed by atoms with E-state index in [1.807, 2.05) is 0 Å². The Kier molecular flexibility index (Phi) is 6.93. The number of fused-ring (bicyclic) bond motifs is 9. The second-order valence-corrected chi connectivity index (χ2v) is 14.9. The highest BCUT2D eigenvalue weighted by molar-refractivity contribution is 6.17. The van der Waals surface area contributed by atoms with Crippen molar-refractivity contribution in [3.05, 3.63) is 212 Å². The van der Waals surface area contributed by atoms with E-state index in [1.54, 1.807) is 0 Å². The van der Waals surface area contributed by atoms with Crippen molar-refractivity contribution in [2.75, 3.05) is 0 Å². The summed E-state index contributed by atoms with van der Waals surface area (Å²) < 4.78 is 7.36. The normalized spacial score (nSPS) is 11.9. The van der Waals surface area contributed by atoms with E-state index in [0.29, 0.717) is 0 Å². The zero-order valence-electron chi connectivity index (χ0n) is 31.0. The molecule has 0 fully saturated rings. The van der Waals surface area contributed by atoms with Gasteiger partial charge in [0, 0.05) is 60.5 Å². The predicted molar refractivity (Wildman–Crippen MR) is 240 cm³/mol. The summed E-state index contributed by atoms with van der Waals surface area (Å²) in [4.78, 5) is 0. The van der Waals surface area contributed by atoms with Gasteiger partial charge in [0.15, 0.2) is 0 Å². The van der Waals surface area contributed by atoms with Gasteiger partial charge in [-0.25, -0.2) is 0 Å². The molecule has 12 aromatic rings. The van der Waals surface area contributed by atoms with Crippen LogP contribution in [-0.4, -0.2) is 13.7 Å². The molecular formula is C54H35N3. The number of aromatic nitrogens is 3. The standard InChI is InChI=1S/C54H35N3/c1-4-16-36(17-5-1)41-24-14-26-45-43-22-10-12-28-49(43)56(53(41)45)39-30-32-51-47(34-39)48-35-40(31-33-52(48)55(51)38-20-8-3-9-21-38)57-50-29-13-11-23-44(50)46-27-15-25-42(54(46)57)37-18-6-2-7-19-37/h1-35H. The highest BCUT2D eigenvalue weighted by Crippen LogP contribution is 2.42. The maximum atomic E-state index is 2.47. The van der Waals surface area contributed by atoms with Crippen LogP contribution < -0.4 is 0 Å². The first-order chi connectivity index (χ1) is 28.3. The van der Waals surface area contributed by atoms with Gasteiger partial charge in [0.25, 0.3) is 0 Å². The minimum absolute atomic E-state index is 1.14. The molecule has 3 heteroatoms. The molecular weight excluding hydrogens is 691 g/mol. The van der Waals surface area contributed by atoms with Gasteiger partial charge in [-0.1, -0.05) is 152 Å². The van der Waals surface area contributed by atoms with Gasteiger partial charge in [0.1, 0.15) is 0 Å². The average molecular weight is 726 g/mol. The Balaban J connectivity index is 1.18. The van der Waals surface area contributed by atoms with E-state index in [4.69, 9.17) is 0 Å². The molecule has 0 aliphatic carbocycles. The molecule has 0 aliphatic rings. The fourth-order valence-electron chi connectivity index (χ4n) is 9.41. The van der Waals surface area contributed by atoms with Crippen molar-refractivity contribution < 1.29 is 0 Å². The Morgan fingerprint density at radius 3 is 1.09 bits per heavy atom. The summed E-state index contributed by atoms with van der Waals surface area (Å²) in [5.41, 5.74) is 15.5. The molecule has 0 bridgehead atoms. The van der Waals surface area contributed by atoms with Crippen LogP contribution in [0.4, 0.5) is 0 Å². The van der Waals surface area contributed by atoms with Crippen molar-refractivity contribution in [2.24, 2.45) is 0 Å². The fraction of sp³-hybridized carbons (Fsp3) is 0. The summed E-state index contributed by atoms with van der Waals surface area (Å²) in [6.45, 7) is 0. The maximum Gasteiger partial charge on any atom is 0.0619 e. The van der Waals surface area contributed by atoms with E-state index in [9.17, 15) is 0 Å². The summed E-state index contributed by atoms with van der Waals surface area (Å²) in [5.74, 6) is 0. The molecule has 0 saturated carbocycles. The topological polar surface area (TPSA) is 14.8 Å². The largest absolute Gasteiger partial charge is 0.309 e. The lowest BCUT2D eigenvalue weighted by Gasteiger charge is -2.13. The lowest BCUT2D eigenvalue weighted by Crippen LogP contribution is -1.97. The van der Waals surface area contributed by atoms with Crippen LogP contribution in [0.2, 0.25) is 0 Å². The Morgan fingerprint density at radius 2 is 0.614 bits per heavy atom. The van der Waals surface area contributed by atoms with Crippen LogP contribution in [-0.2, 0) is 0 Å². The number of benzene rings is 9. The van der Waals surface area contributed by atoms with E-state index < -0.39 is 0 Å². The van der Waals surface area contributed by atoms with Crippen LogP contribution in [0.5, 0.6) is 0 Å². The molecule has 9 aromatic carbocycles. The predicted octanol–water partition coefficient (Wildman–Crippen LogP) is 14.3.